The molecule has 0 saturated heterocycles. The van der Waals surface area contributed by atoms with Crippen LogP contribution in [0.25, 0.3) is 0 Å². The van der Waals surface area contributed by atoms with E-state index in [4.69, 9.17) is 9.47 Å². The van der Waals surface area contributed by atoms with Gasteiger partial charge in [0, 0.05) is 0 Å². The Kier molecular flexibility index (Phi) is 7.74. The van der Waals surface area contributed by atoms with Gasteiger partial charge in [0.2, 0.25) is 0 Å². The molecule has 3 atom stereocenters. The van der Waals surface area contributed by atoms with E-state index in [1.54, 1.807) is 12.1 Å². The van der Waals surface area contributed by atoms with Crippen LogP contribution < -0.4 is 9.47 Å². The van der Waals surface area contributed by atoms with Crippen molar-refractivity contribution in [2.45, 2.75) is 65.2 Å². The Morgan fingerprint density at radius 1 is 0.931 bits per heavy atom. The van der Waals surface area contributed by atoms with Gasteiger partial charge in [0.05, 0.1) is 12.2 Å². The highest BCUT2D eigenvalue weighted by Gasteiger charge is 2.28. The molecular formula is C26H34O3. The van der Waals surface area contributed by atoms with Crippen LogP contribution in [-0.4, -0.2) is 12.6 Å². The van der Waals surface area contributed by atoms with Crippen LogP contribution in [0.3, 0.4) is 0 Å². The van der Waals surface area contributed by atoms with E-state index in [0.717, 1.165) is 18.1 Å². The molecule has 1 fully saturated rings. The first kappa shape index (κ1) is 21.4. The standard InChI is InChI=1S/C26H34O3/c1-4-6-20-7-16-25(19(3)18-20)21-8-10-22(11-9-21)26(27)29-24-14-12-23(13-15-24)28-17-5-2/h8-15,19-20,25H,4-7,16-18H2,1-3H3. The summed E-state index contributed by atoms with van der Waals surface area (Å²) in [6.45, 7) is 7.41. The number of ether oxygens (including phenoxy) is 2. The fourth-order valence-electron chi connectivity index (χ4n) is 4.53. The Labute approximate surface area is 175 Å². The smallest absolute Gasteiger partial charge is 0.343 e. The van der Waals surface area contributed by atoms with Gasteiger partial charge < -0.3 is 9.47 Å². The molecule has 1 aliphatic carbocycles. The number of hydrogen-bond donors (Lipinski definition) is 0. The Hall–Kier alpha value is -2.29. The summed E-state index contributed by atoms with van der Waals surface area (Å²) < 4.78 is 11.1. The first-order valence-corrected chi connectivity index (χ1v) is 11.2. The van der Waals surface area contributed by atoms with Crippen molar-refractivity contribution in [2.75, 3.05) is 6.61 Å². The lowest BCUT2D eigenvalue weighted by Crippen LogP contribution is -2.21. The van der Waals surface area contributed by atoms with Gasteiger partial charge >= 0.3 is 5.97 Å². The molecule has 3 unspecified atom stereocenters. The van der Waals surface area contributed by atoms with Gasteiger partial charge in [0.25, 0.3) is 0 Å². The fourth-order valence-corrected chi connectivity index (χ4v) is 4.53. The quantitative estimate of drug-likeness (QED) is 0.357. The summed E-state index contributed by atoms with van der Waals surface area (Å²) in [6, 6.07) is 15.2. The van der Waals surface area contributed by atoms with Crippen LogP contribution in [0.4, 0.5) is 0 Å². The summed E-state index contributed by atoms with van der Waals surface area (Å²) in [5.41, 5.74) is 1.94. The Morgan fingerprint density at radius 2 is 1.62 bits per heavy atom. The predicted molar refractivity (Wildman–Crippen MR) is 118 cm³/mol. The molecule has 0 heterocycles. The van der Waals surface area contributed by atoms with Crippen LogP contribution in [0.5, 0.6) is 11.5 Å². The largest absolute Gasteiger partial charge is 0.494 e. The summed E-state index contributed by atoms with van der Waals surface area (Å²) in [6.07, 6.45) is 7.50. The molecule has 2 aromatic rings. The molecule has 1 saturated carbocycles. The minimum absolute atomic E-state index is 0.321. The second-order valence-corrected chi connectivity index (χ2v) is 8.38. The zero-order valence-electron chi connectivity index (χ0n) is 18.0. The van der Waals surface area contributed by atoms with Crippen molar-refractivity contribution >= 4 is 5.97 Å². The lowest BCUT2D eigenvalue weighted by molar-refractivity contribution is 0.0734. The molecule has 0 bridgehead atoms. The number of esters is 1. The maximum atomic E-state index is 12.5. The normalized spacial score (nSPS) is 21.6. The molecule has 0 aromatic heterocycles. The van der Waals surface area contributed by atoms with Gasteiger partial charge in [-0.1, -0.05) is 45.7 Å². The van der Waals surface area contributed by atoms with Gasteiger partial charge in [-0.05, 0) is 85.4 Å². The van der Waals surface area contributed by atoms with E-state index in [2.05, 4.69) is 32.9 Å². The lowest BCUT2D eigenvalue weighted by atomic mass is 9.71. The third kappa shape index (κ3) is 5.85. The second kappa shape index (κ2) is 10.5. The molecule has 3 rings (SSSR count). The van der Waals surface area contributed by atoms with Crippen molar-refractivity contribution < 1.29 is 14.3 Å². The van der Waals surface area contributed by atoms with E-state index >= 15 is 0 Å². The Morgan fingerprint density at radius 3 is 2.24 bits per heavy atom. The molecule has 0 radical (unpaired) electrons. The van der Waals surface area contributed by atoms with Crippen LogP contribution in [0.2, 0.25) is 0 Å². The maximum Gasteiger partial charge on any atom is 0.343 e. The number of hydrogen-bond acceptors (Lipinski definition) is 3. The van der Waals surface area contributed by atoms with Gasteiger partial charge in [0.15, 0.2) is 0 Å². The molecule has 0 spiro atoms. The van der Waals surface area contributed by atoms with Gasteiger partial charge in [-0.3, -0.25) is 0 Å². The molecule has 1 aliphatic rings. The van der Waals surface area contributed by atoms with Crippen molar-refractivity contribution in [1.82, 2.24) is 0 Å². The summed E-state index contributed by atoms with van der Waals surface area (Å²) in [7, 11) is 0. The third-order valence-corrected chi connectivity index (χ3v) is 6.06. The highest BCUT2D eigenvalue weighted by atomic mass is 16.5. The summed E-state index contributed by atoms with van der Waals surface area (Å²) >= 11 is 0. The van der Waals surface area contributed by atoms with Gasteiger partial charge in [-0.25, -0.2) is 4.79 Å². The molecule has 0 amide bonds. The molecule has 156 valence electrons. The topological polar surface area (TPSA) is 35.5 Å². The zero-order chi connectivity index (χ0) is 20.6. The van der Waals surface area contributed by atoms with Crippen LogP contribution >= 0.6 is 0 Å². The SMILES string of the molecule is CCCOc1ccc(OC(=O)c2ccc(C3CCC(CCC)CC3C)cc2)cc1. The number of rotatable bonds is 8. The fraction of sp³-hybridized carbons (Fsp3) is 0.500. The molecule has 3 nitrogen and oxygen atoms in total. The zero-order valence-corrected chi connectivity index (χ0v) is 18.0. The molecular weight excluding hydrogens is 360 g/mol. The van der Waals surface area contributed by atoms with E-state index in [-0.39, 0.29) is 5.97 Å². The monoisotopic (exact) mass is 394 g/mol. The first-order valence-electron chi connectivity index (χ1n) is 11.2. The summed E-state index contributed by atoms with van der Waals surface area (Å²) in [5.74, 6) is 3.19. The molecule has 0 N–H and O–H groups in total. The van der Waals surface area contributed by atoms with Crippen LogP contribution in [-0.2, 0) is 0 Å². The molecule has 0 aliphatic heterocycles. The van der Waals surface area contributed by atoms with E-state index in [0.29, 0.717) is 29.8 Å². The van der Waals surface area contributed by atoms with E-state index in [1.807, 2.05) is 24.3 Å². The van der Waals surface area contributed by atoms with Crippen LogP contribution in [0, 0.1) is 11.8 Å². The first-order chi connectivity index (χ1) is 14.1. The average molecular weight is 395 g/mol. The number of carbonyl (C=O) groups is 1. The number of carbonyl (C=O) groups excluding carboxylic acids is 1. The summed E-state index contributed by atoms with van der Waals surface area (Å²) in [5, 5.41) is 0. The van der Waals surface area contributed by atoms with E-state index in [1.165, 1.54) is 37.7 Å². The minimum atomic E-state index is -0.321. The Bertz CT molecular complexity index is 764. The molecule has 2 aromatic carbocycles. The van der Waals surface area contributed by atoms with Crippen molar-refractivity contribution in [3.63, 3.8) is 0 Å². The molecule has 3 heteroatoms. The second-order valence-electron chi connectivity index (χ2n) is 8.38. The van der Waals surface area contributed by atoms with Crippen molar-refractivity contribution in [3.05, 3.63) is 59.7 Å². The van der Waals surface area contributed by atoms with Crippen molar-refractivity contribution in [1.29, 1.82) is 0 Å². The summed E-state index contributed by atoms with van der Waals surface area (Å²) in [4.78, 5) is 12.5. The van der Waals surface area contributed by atoms with Crippen LogP contribution in [0.1, 0.15) is 81.1 Å². The average Bonchev–Trinajstić information content (AvgIpc) is 2.74. The van der Waals surface area contributed by atoms with E-state index < -0.39 is 0 Å². The maximum absolute atomic E-state index is 12.5. The minimum Gasteiger partial charge on any atom is -0.494 e. The highest BCUT2D eigenvalue weighted by Crippen LogP contribution is 2.41. The van der Waals surface area contributed by atoms with E-state index in [9.17, 15) is 4.79 Å². The van der Waals surface area contributed by atoms with Crippen molar-refractivity contribution in [2.24, 2.45) is 11.8 Å². The van der Waals surface area contributed by atoms with Crippen LogP contribution in [0.15, 0.2) is 48.5 Å². The number of benzene rings is 2. The predicted octanol–water partition coefficient (Wildman–Crippen LogP) is 7.01. The highest BCUT2D eigenvalue weighted by molar-refractivity contribution is 5.91. The molecule has 29 heavy (non-hydrogen) atoms. The van der Waals surface area contributed by atoms with Gasteiger partial charge in [-0.2, -0.15) is 0 Å². The van der Waals surface area contributed by atoms with Crippen molar-refractivity contribution in [3.8, 4) is 11.5 Å². The van der Waals surface area contributed by atoms with Gasteiger partial charge in [-0.15, -0.1) is 0 Å². The third-order valence-electron chi connectivity index (χ3n) is 6.06. The van der Waals surface area contributed by atoms with Gasteiger partial charge in [0.1, 0.15) is 11.5 Å². The Balaban J connectivity index is 1.57. The lowest BCUT2D eigenvalue weighted by Gasteiger charge is -2.34.